The monoisotopic (exact) mass is 249 g/mol. The van der Waals surface area contributed by atoms with Crippen LogP contribution in [0.25, 0.3) is 0 Å². The first-order valence-electron chi connectivity index (χ1n) is 6.87. The van der Waals surface area contributed by atoms with E-state index in [1.54, 1.807) is 0 Å². The Morgan fingerprint density at radius 3 is 2.72 bits per heavy atom. The summed E-state index contributed by atoms with van der Waals surface area (Å²) in [7, 11) is 0. The van der Waals surface area contributed by atoms with Crippen LogP contribution in [0.5, 0.6) is 5.75 Å². The van der Waals surface area contributed by atoms with E-state index in [9.17, 15) is 0 Å². The molecule has 1 aromatic carbocycles. The van der Waals surface area contributed by atoms with Crippen LogP contribution >= 0.6 is 0 Å². The smallest absolute Gasteiger partial charge is 0.119 e. The van der Waals surface area contributed by atoms with E-state index in [4.69, 9.17) is 9.47 Å². The fraction of sp³-hybridized carbons (Fsp3) is 0.600. The lowest BCUT2D eigenvalue weighted by Gasteiger charge is -2.13. The van der Waals surface area contributed by atoms with Crippen molar-refractivity contribution >= 4 is 0 Å². The minimum atomic E-state index is 0.302. The molecule has 0 spiro atoms. The fourth-order valence-electron chi connectivity index (χ4n) is 1.79. The largest absolute Gasteiger partial charge is 0.491 e. The second-order valence-electron chi connectivity index (χ2n) is 4.86. The van der Waals surface area contributed by atoms with E-state index in [1.165, 1.54) is 12.8 Å². The molecule has 2 rings (SSSR count). The first-order chi connectivity index (χ1) is 8.84. The van der Waals surface area contributed by atoms with E-state index in [1.807, 2.05) is 30.3 Å². The zero-order chi connectivity index (χ0) is 12.6. The minimum absolute atomic E-state index is 0.302. The molecular formula is C15H23NO2. The van der Waals surface area contributed by atoms with Crippen LogP contribution in [-0.4, -0.2) is 31.9 Å². The highest BCUT2D eigenvalue weighted by atomic mass is 16.5. The normalized spacial score (nSPS) is 16.5. The van der Waals surface area contributed by atoms with Crippen LogP contribution in [0.1, 0.15) is 26.2 Å². The molecule has 0 amide bonds. The van der Waals surface area contributed by atoms with Gasteiger partial charge in [0.2, 0.25) is 0 Å². The van der Waals surface area contributed by atoms with E-state index >= 15 is 0 Å². The second kappa shape index (κ2) is 7.39. The van der Waals surface area contributed by atoms with Gasteiger partial charge in [0.25, 0.3) is 0 Å². The van der Waals surface area contributed by atoms with E-state index in [2.05, 4.69) is 12.2 Å². The number of hydrogen-bond donors (Lipinski definition) is 1. The Morgan fingerprint density at radius 1 is 1.22 bits per heavy atom. The molecule has 0 heterocycles. The van der Waals surface area contributed by atoms with Crippen molar-refractivity contribution in [3.05, 3.63) is 30.3 Å². The highest BCUT2D eigenvalue weighted by molar-refractivity contribution is 5.20. The number of benzene rings is 1. The molecule has 0 aromatic heterocycles. The summed E-state index contributed by atoms with van der Waals surface area (Å²) in [5.41, 5.74) is 0. The van der Waals surface area contributed by atoms with Crippen LogP contribution in [0.3, 0.4) is 0 Å². The summed E-state index contributed by atoms with van der Waals surface area (Å²) < 4.78 is 11.3. The third-order valence-corrected chi connectivity index (χ3v) is 3.06. The van der Waals surface area contributed by atoms with Crippen molar-refractivity contribution in [2.45, 2.75) is 38.3 Å². The summed E-state index contributed by atoms with van der Waals surface area (Å²) in [4.78, 5) is 0. The Hall–Kier alpha value is -1.06. The predicted octanol–water partition coefficient (Wildman–Crippen LogP) is 2.61. The summed E-state index contributed by atoms with van der Waals surface area (Å²) in [6, 6.07) is 10.6. The summed E-state index contributed by atoms with van der Waals surface area (Å²) in [6.45, 7) is 4.45. The van der Waals surface area contributed by atoms with Crippen LogP contribution in [-0.2, 0) is 4.74 Å². The summed E-state index contributed by atoms with van der Waals surface area (Å²) >= 11 is 0. The quantitative estimate of drug-likeness (QED) is 0.682. The van der Waals surface area contributed by atoms with Gasteiger partial charge in [-0.1, -0.05) is 18.2 Å². The lowest BCUT2D eigenvalue weighted by Crippen LogP contribution is -2.23. The molecule has 3 heteroatoms. The first kappa shape index (κ1) is 13.4. The molecular weight excluding hydrogens is 226 g/mol. The van der Waals surface area contributed by atoms with Gasteiger partial charge in [-0.3, -0.25) is 0 Å². The SMILES string of the molecule is CC(CCNC1CC1)OCCOc1ccccc1. The zero-order valence-corrected chi connectivity index (χ0v) is 11.1. The van der Waals surface area contributed by atoms with Crippen LogP contribution in [0, 0.1) is 0 Å². The summed E-state index contributed by atoms with van der Waals surface area (Å²) in [5.74, 6) is 0.907. The highest BCUT2D eigenvalue weighted by Gasteiger charge is 2.19. The average molecular weight is 249 g/mol. The lowest BCUT2D eigenvalue weighted by molar-refractivity contribution is 0.0400. The van der Waals surface area contributed by atoms with Crippen LogP contribution in [0.2, 0.25) is 0 Å². The number of rotatable bonds is 9. The molecule has 1 N–H and O–H groups in total. The molecule has 1 atom stereocenters. The van der Waals surface area contributed by atoms with Crippen molar-refractivity contribution in [2.75, 3.05) is 19.8 Å². The van der Waals surface area contributed by atoms with E-state index < -0.39 is 0 Å². The highest BCUT2D eigenvalue weighted by Crippen LogP contribution is 2.18. The Morgan fingerprint density at radius 2 is 2.00 bits per heavy atom. The van der Waals surface area contributed by atoms with E-state index in [0.29, 0.717) is 19.3 Å². The Labute approximate surface area is 109 Å². The number of para-hydroxylation sites is 1. The van der Waals surface area contributed by atoms with Gasteiger partial charge in [-0.15, -0.1) is 0 Å². The van der Waals surface area contributed by atoms with Gasteiger partial charge in [0, 0.05) is 6.04 Å². The third-order valence-electron chi connectivity index (χ3n) is 3.06. The molecule has 100 valence electrons. The van der Waals surface area contributed by atoms with Crippen molar-refractivity contribution in [1.29, 1.82) is 0 Å². The number of nitrogens with one attached hydrogen (secondary N) is 1. The molecule has 1 aliphatic rings. The van der Waals surface area contributed by atoms with Crippen molar-refractivity contribution < 1.29 is 9.47 Å². The van der Waals surface area contributed by atoms with Crippen LogP contribution in [0.4, 0.5) is 0 Å². The van der Waals surface area contributed by atoms with Crippen molar-refractivity contribution in [3.63, 3.8) is 0 Å². The number of ether oxygens (including phenoxy) is 2. The van der Waals surface area contributed by atoms with Gasteiger partial charge in [0.05, 0.1) is 12.7 Å². The van der Waals surface area contributed by atoms with Gasteiger partial charge in [-0.2, -0.15) is 0 Å². The van der Waals surface area contributed by atoms with Crippen molar-refractivity contribution in [2.24, 2.45) is 0 Å². The molecule has 1 aliphatic carbocycles. The topological polar surface area (TPSA) is 30.5 Å². The molecule has 0 aliphatic heterocycles. The fourth-order valence-corrected chi connectivity index (χ4v) is 1.79. The molecule has 18 heavy (non-hydrogen) atoms. The Balaban J connectivity index is 1.46. The molecule has 3 nitrogen and oxygen atoms in total. The number of hydrogen-bond acceptors (Lipinski definition) is 3. The minimum Gasteiger partial charge on any atom is -0.491 e. The maximum absolute atomic E-state index is 5.70. The lowest BCUT2D eigenvalue weighted by atomic mass is 10.3. The van der Waals surface area contributed by atoms with Gasteiger partial charge >= 0.3 is 0 Å². The summed E-state index contributed by atoms with van der Waals surface area (Å²) in [6.07, 6.45) is 4.07. The third kappa shape index (κ3) is 5.52. The molecule has 1 saturated carbocycles. The molecule has 1 unspecified atom stereocenters. The second-order valence-corrected chi connectivity index (χ2v) is 4.86. The molecule has 1 fully saturated rings. The van der Waals surface area contributed by atoms with Gasteiger partial charge in [-0.25, -0.2) is 0 Å². The van der Waals surface area contributed by atoms with Gasteiger partial charge in [0.1, 0.15) is 12.4 Å². The molecule has 0 saturated heterocycles. The van der Waals surface area contributed by atoms with Crippen LogP contribution in [0.15, 0.2) is 30.3 Å². The molecule has 0 radical (unpaired) electrons. The maximum Gasteiger partial charge on any atom is 0.119 e. The Bertz CT molecular complexity index is 325. The standard InChI is InChI=1S/C15H23NO2/c1-13(9-10-16-14-7-8-14)17-11-12-18-15-5-3-2-4-6-15/h2-6,13-14,16H,7-12H2,1H3. The van der Waals surface area contributed by atoms with Gasteiger partial charge < -0.3 is 14.8 Å². The predicted molar refractivity (Wildman–Crippen MR) is 73.0 cm³/mol. The van der Waals surface area contributed by atoms with E-state index in [-0.39, 0.29) is 0 Å². The van der Waals surface area contributed by atoms with Gasteiger partial charge in [0.15, 0.2) is 0 Å². The molecule has 0 bridgehead atoms. The van der Waals surface area contributed by atoms with E-state index in [0.717, 1.165) is 24.8 Å². The maximum atomic E-state index is 5.70. The zero-order valence-electron chi connectivity index (χ0n) is 11.1. The first-order valence-corrected chi connectivity index (χ1v) is 6.87. The summed E-state index contributed by atoms with van der Waals surface area (Å²) in [5, 5.41) is 3.49. The Kier molecular flexibility index (Phi) is 5.49. The van der Waals surface area contributed by atoms with Crippen molar-refractivity contribution in [3.8, 4) is 5.75 Å². The van der Waals surface area contributed by atoms with Gasteiger partial charge in [-0.05, 0) is 44.9 Å². The molecule has 1 aromatic rings. The van der Waals surface area contributed by atoms with Crippen molar-refractivity contribution in [1.82, 2.24) is 5.32 Å². The van der Waals surface area contributed by atoms with Crippen LogP contribution < -0.4 is 10.1 Å². The average Bonchev–Trinajstić information content (AvgIpc) is 3.20.